The van der Waals surface area contributed by atoms with E-state index < -0.39 is 42.5 Å². The molecule has 1 aromatic carbocycles. The third kappa shape index (κ3) is 3.87. The van der Waals surface area contributed by atoms with Crippen molar-refractivity contribution < 1.29 is 23.9 Å². The number of nitrogens with zero attached hydrogens (tertiary/aromatic N) is 1. The summed E-state index contributed by atoms with van der Waals surface area (Å²) >= 11 is 3.29. The van der Waals surface area contributed by atoms with Crippen LogP contribution < -0.4 is 10.6 Å². The summed E-state index contributed by atoms with van der Waals surface area (Å²) in [6, 6.07) is 6.37. The van der Waals surface area contributed by atoms with E-state index in [-0.39, 0.29) is 0 Å². The molecule has 2 N–H and O–H groups in total. The van der Waals surface area contributed by atoms with E-state index in [1.54, 1.807) is 18.2 Å². The molecule has 0 radical (unpaired) electrons. The first kappa shape index (κ1) is 18.4. The van der Waals surface area contributed by atoms with E-state index in [2.05, 4.69) is 26.6 Å². The number of hydrogen-bond donors (Lipinski definition) is 2. The lowest BCUT2D eigenvalue weighted by Gasteiger charge is -2.19. The number of esters is 1. The second kappa shape index (κ2) is 7.45. The Bertz CT molecular complexity index is 761. The lowest BCUT2D eigenvalue weighted by molar-refractivity contribution is -0.150. The SMILES string of the molecule is O=C(COC(=O)CN1C(=O)NC2(CCCC2)C1=O)Nc1cccc(Br)c1. The van der Waals surface area contributed by atoms with Gasteiger partial charge in [0.15, 0.2) is 6.61 Å². The standard InChI is InChI=1S/C17H18BrN3O5/c18-11-4-3-5-12(8-11)19-13(22)10-26-14(23)9-21-15(24)17(20-16(21)25)6-1-2-7-17/h3-5,8H,1-2,6-7,9-10H2,(H,19,22)(H,20,25). The van der Waals surface area contributed by atoms with Crippen molar-refractivity contribution in [2.45, 2.75) is 31.2 Å². The Morgan fingerprint density at radius 3 is 2.69 bits per heavy atom. The van der Waals surface area contributed by atoms with Crippen molar-refractivity contribution in [3.8, 4) is 0 Å². The third-order valence-corrected chi connectivity index (χ3v) is 4.96. The fourth-order valence-electron chi connectivity index (χ4n) is 3.22. The van der Waals surface area contributed by atoms with Crippen LogP contribution in [0.15, 0.2) is 28.7 Å². The molecule has 0 unspecified atom stereocenters. The van der Waals surface area contributed by atoms with Crippen LogP contribution in [-0.4, -0.2) is 47.4 Å². The molecule has 1 aliphatic heterocycles. The number of carbonyl (C=O) groups excluding carboxylic acids is 4. The van der Waals surface area contributed by atoms with Gasteiger partial charge < -0.3 is 15.4 Å². The summed E-state index contributed by atoms with van der Waals surface area (Å²) in [4.78, 5) is 49.0. The Kier molecular flexibility index (Phi) is 5.26. The zero-order chi connectivity index (χ0) is 18.7. The van der Waals surface area contributed by atoms with Crippen molar-refractivity contribution in [2.24, 2.45) is 0 Å². The number of urea groups is 1. The summed E-state index contributed by atoms with van der Waals surface area (Å²) in [5.74, 6) is -1.72. The van der Waals surface area contributed by atoms with E-state index in [0.29, 0.717) is 18.5 Å². The molecule has 1 aliphatic carbocycles. The molecule has 3 rings (SSSR count). The van der Waals surface area contributed by atoms with Crippen molar-refractivity contribution >= 4 is 45.4 Å². The van der Waals surface area contributed by atoms with Crippen LogP contribution in [0.5, 0.6) is 0 Å². The highest BCUT2D eigenvalue weighted by atomic mass is 79.9. The molecule has 8 nitrogen and oxygen atoms in total. The first-order valence-electron chi connectivity index (χ1n) is 8.25. The second-order valence-corrected chi connectivity index (χ2v) is 7.25. The molecule has 1 spiro atoms. The van der Waals surface area contributed by atoms with Gasteiger partial charge in [-0.25, -0.2) is 4.79 Å². The number of benzene rings is 1. The number of halogens is 1. The van der Waals surface area contributed by atoms with E-state index in [0.717, 1.165) is 22.2 Å². The van der Waals surface area contributed by atoms with E-state index in [1.807, 2.05) is 6.07 Å². The molecule has 1 saturated carbocycles. The summed E-state index contributed by atoms with van der Waals surface area (Å²) < 4.78 is 5.68. The van der Waals surface area contributed by atoms with E-state index in [4.69, 9.17) is 4.74 Å². The molecule has 1 aromatic rings. The molecular weight excluding hydrogens is 406 g/mol. The summed E-state index contributed by atoms with van der Waals surface area (Å²) in [6.07, 6.45) is 2.89. The van der Waals surface area contributed by atoms with Crippen molar-refractivity contribution in [1.29, 1.82) is 0 Å². The normalized spacial score (nSPS) is 18.1. The molecule has 0 atom stereocenters. The molecule has 0 bridgehead atoms. The van der Waals surface area contributed by atoms with Crippen LogP contribution in [0.25, 0.3) is 0 Å². The molecule has 26 heavy (non-hydrogen) atoms. The maximum Gasteiger partial charge on any atom is 0.326 e. The Balaban J connectivity index is 1.49. The Morgan fingerprint density at radius 1 is 1.27 bits per heavy atom. The monoisotopic (exact) mass is 423 g/mol. The lowest BCUT2D eigenvalue weighted by Crippen LogP contribution is -2.44. The van der Waals surface area contributed by atoms with Gasteiger partial charge in [-0.05, 0) is 31.0 Å². The number of amides is 4. The van der Waals surface area contributed by atoms with Crippen LogP contribution in [0, 0.1) is 0 Å². The summed E-state index contributed by atoms with van der Waals surface area (Å²) in [7, 11) is 0. The Hall–Kier alpha value is -2.42. The Labute approximate surface area is 158 Å². The van der Waals surface area contributed by atoms with Crippen LogP contribution in [-0.2, 0) is 19.1 Å². The number of hydrogen-bond acceptors (Lipinski definition) is 5. The highest BCUT2D eigenvalue weighted by Crippen LogP contribution is 2.34. The number of ether oxygens (including phenoxy) is 1. The molecule has 1 saturated heterocycles. The van der Waals surface area contributed by atoms with Gasteiger partial charge in [-0.1, -0.05) is 34.8 Å². The van der Waals surface area contributed by atoms with E-state index in [9.17, 15) is 19.2 Å². The van der Waals surface area contributed by atoms with Gasteiger partial charge in [0.1, 0.15) is 12.1 Å². The summed E-state index contributed by atoms with van der Waals surface area (Å²) in [5, 5.41) is 5.27. The molecule has 9 heteroatoms. The number of nitrogens with one attached hydrogen (secondary N) is 2. The largest absolute Gasteiger partial charge is 0.454 e. The minimum atomic E-state index is -0.866. The number of imide groups is 1. The molecule has 2 fully saturated rings. The average Bonchev–Trinajstić information content (AvgIpc) is 3.14. The maximum atomic E-state index is 12.4. The Morgan fingerprint density at radius 2 is 2.00 bits per heavy atom. The van der Waals surface area contributed by atoms with Crippen molar-refractivity contribution in [3.05, 3.63) is 28.7 Å². The molecule has 0 aromatic heterocycles. The van der Waals surface area contributed by atoms with Crippen LogP contribution >= 0.6 is 15.9 Å². The van der Waals surface area contributed by atoms with Gasteiger partial charge in [-0.15, -0.1) is 0 Å². The zero-order valence-corrected chi connectivity index (χ0v) is 15.5. The quantitative estimate of drug-likeness (QED) is 0.554. The third-order valence-electron chi connectivity index (χ3n) is 4.46. The van der Waals surface area contributed by atoms with Crippen molar-refractivity contribution in [2.75, 3.05) is 18.5 Å². The van der Waals surface area contributed by atoms with E-state index in [1.165, 1.54) is 0 Å². The lowest BCUT2D eigenvalue weighted by atomic mass is 9.98. The fourth-order valence-corrected chi connectivity index (χ4v) is 3.62. The van der Waals surface area contributed by atoms with Gasteiger partial charge in [0.2, 0.25) is 0 Å². The minimum Gasteiger partial charge on any atom is -0.454 e. The van der Waals surface area contributed by atoms with Gasteiger partial charge in [0.05, 0.1) is 0 Å². The first-order valence-corrected chi connectivity index (χ1v) is 9.04. The number of carbonyl (C=O) groups is 4. The predicted octanol–water partition coefficient (Wildman–Crippen LogP) is 1.80. The molecular formula is C17H18BrN3O5. The average molecular weight is 424 g/mol. The van der Waals surface area contributed by atoms with Gasteiger partial charge in [-0.3, -0.25) is 19.3 Å². The second-order valence-electron chi connectivity index (χ2n) is 6.33. The topological polar surface area (TPSA) is 105 Å². The molecule has 4 amide bonds. The highest BCUT2D eigenvalue weighted by Gasteiger charge is 2.52. The van der Waals surface area contributed by atoms with Crippen LogP contribution in [0.2, 0.25) is 0 Å². The van der Waals surface area contributed by atoms with E-state index >= 15 is 0 Å². The van der Waals surface area contributed by atoms with Crippen LogP contribution in [0.3, 0.4) is 0 Å². The molecule has 138 valence electrons. The van der Waals surface area contributed by atoms with Gasteiger partial charge in [0.25, 0.3) is 11.8 Å². The number of rotatable bonds is 5. The van der Waals surface area contributed by atoms with Crippen LogP contribution in [0.1, 0.15) is 25.7 Å². The smallest absolute Gasteiger partial charge is 0.326 e. The molecule has 1 heterocycles. The van der Waals surface area contributed by atoms with Gasteiger partial charge >= 0.3 is 12.0 Å². The van der Waals surface area contributed by atoms with Gasteiger partial charge in [0, 0.05) is 10.2 Å². The summed E-state index contributed by atoms with van der Waals surface area (Å²) in [5.41, 5.74) is -0.312. The summed E-state index contributed by atoms with van der Waals surface area (Å²) in [6.45, 7) is -1.00. The highest BCUT2D eigenvalue weighted by molar-refractivity contribution is 9.10. The zero-order valence-electron chi connectivity index (χ0n) is 13.9. The van der Waals surface area contributed by atoms with Crippen molar-refractivity contribution in [3.63, 3.8) is 0 Å². The van der Waals surface area contributed by atoms with Crippen molar-refractivity contribution in [1.82, 2.24) is 10.2 Å². The predicted molar refractivity (Wildman–Crippen MR) is 95.2 cm³/mol. The first-order chi connectivity index (χ1) is 12.4. The van der Waals surface area contributed by atoms with Gasteiger partial charge in [-0.2, -0.15) is 0 Å². The molecule has 2 aliphatic rings. The fraction of sp³-hybridized carbons (Fsp3) is 0.412. The minimum absolute atomic E-state index is 0.393. The number of anilines is 1. The maximum absolute atomic E-state index is 12.4. The van der Waals surface area contributed by atoms with Crippen LogP contribution in [0.4, 0.5) is 10.5 Å².